The summed E-state index contributed by atoms with van der Waals surface area (Å²) >= 11 is 0. The van der Waals surface area contributed by atoms with Gasteiger partial charge in [0.2, 0.25) is 11.8 Å². The molecule has 2 unspecified atom stereocenters. The highest BCUT2D eigenvalue weighted by molar-refractivity contribution is 5.87. The van der Waals surface area contributed by atoms with E-state index in [2.05, 4.69) is 11.9 Å². The minimum absolute atomic E-state index is 0.273. The van der Waals surface area contributed by atoms with Gasteiger partial charge >= 0.3 is 5.97 Å². The molecule has 6 heteroatoms. The first-order valence-electron chi connectivity index (χ1n) is 7.36. The van der Waals surface area contributed by atoms with E-state index in [-0.39, 0.29) is 18.2 Å². The van der Waals surface area contributed by atoms with Crippen LogP contribution in [0.4, 0.5) is 0 Å². The molecule has 0 aromatic rings. The Morgan fingerprint density at radius 3 is 2.38 bits per heavy atom. The Hall–Kier alpha value is -1.85. The largest absolute Gasteiger partial charge is 0.481 e. The number of unbranched alkanes of at least 4 members (excludes halogenated alkanes) is 2. The first-order chi connectivity index (χ1) is 9.92. The summed E-state index contributed by atoms with van der Waals surface area (Å²) < 4.78 is 0. The number of rotatable bonds is 12. The summed E-state index contributed by atoms with van der Waals surface area (Å²) in [5, 5.41) is 12.0. The molecule has 0 radical (unpaired) electrons. The van der Waals surface area contributed by atoms with E-state index in [0.717, 1.165) is 18.9 Å². The number of hydrogen-bond donors (Lipinski definition) is 3. The van der Waals surface area contributed by atoms with Crippen molar-refractivity contribution in [3.05, 3.63) is 12.7 Å². The molecule has 2 atom stereocenters. The number of aliphatic carboxylic acids is 1. The van der Waals surface area contributed by atoms with Crippen LogP contribution in [-0.4, -0.2) is 28.9 Å². The molecule has 21 heavy (non-hydrogen) atoms. The predicted octanol–water partition coefficient (Wildman–Crippen LogP) is 1.59. The van der Waals surface area contributed by atoms with Crippen LogP contribution in [0.5, 0.6) is 0 Å². The number of nitrogens with one attached hydrogen (secondary N) is 1. The second-order valence-electron chi connectivity index (χ2n) is 5.12. The lowest BCUT2D eigenvalue weighted by molar-refractivity contribution is -0.143. The summed E-state index contributed by atoms with van der Waals surface area (Å²) in [4.78, 5) is 33.6. The molecule has 0 bridgehead atoms. The molecule has 0 aliphatic rings. The number of amides is 2. The monoisotopic (exact) mass is 298 g/mol. The lowest BCUT2D eigenvalue weighted by Crippen LogP contribution is -2.42. The molecule has 4 N–H and O–H groups in total. The van der Waals surface area contributed by atoms with Crippen LogP contribution in [-0.2, 0) is 14.4 Å². The van der Waals surface area contributed by atoms with Crippen molar-refractivity contribution in [1.29, 1.82) is 0 Å². The van der Waals surface area contributed by atoms with E-state index in [1.54, 1.807) is 0 Å². The number of carbonyl (C=O) groups excluding carboxylic acids is 2. The Morgan fingerprint density at radius 2 is 1.90 bits per heavy atom. The summed E-state index contributed by atoms with van der Waals surface area (Å²) in [6, 6.07) is -0.451. The fourth-order valence-electron chi connectivity index (χ4n) is 2.20. The summed E-state index contributed by atoms with van der Waals surface area (Å²) in [6.07, 6.45) is 5.35. The topological polar surface area (TPSA) is 109 Å². The fourth-order valence-corrected chi connectivity index (χ4v) is 2.20. The van der Waals surface area contributed by atoms with Gasteiger partial charge in [0.05, 0.1) is 5.92 Å². The summed E-state index contributed by atoms with van der Waals surface area (Å²) in [7, 11) is 0. The van der Waals surface area contributed by atoms with Gasteiger partial charge in [0.15, 0.2) is 0 Å². The summed E-state index contributed by atoms with van der Waals surface area (Å²) in [5.41, 5.74) is 5.07. The molecule has 0 aromatic carbocycles. The highest BCUT2D eigenvalue weighted by Crippen LogP contribution is 2.19. The molecule has 0 heterocycles. The van der Waals surface area contributed by atoms with E-state index in [1.807, 2.05) is 6.92 Å². The Bertz CT molecular complexity index is 369. The van der Waals surface area contributed by atoms with Crippen LogP contribution in [0.25, 0.3) is 0 Å². The maximum Gasteiger partial charge on any atom is 0.308 e. The first kappa shape index (κ1) is 19.1. The van der Waals surface area contributed by atoms with Gasteiger partial charge in [-0.05, 0) is 25.3 Å². The minimum Gasteiger partial charge on any atom is -0.481 e. The lowest BCUT2D eigenvalue weighted by Gasteiger charge is -2.24. The van der Waals surface area contributed by atoms with Crippen molar-refractivity contribution in [1.82, 2.24) is 5.32 Å². The van der Waals surface area contributed by atoms with E-state index >= 15 is 0 Å². The second-order valence-corrected chi connectivity index (χ2v) is 5.12. The molecule has 0 aliphatic heterocycles. The van der Waals surface area contributed by atoms with Crippen LogP contribution in [0.1, 0.15) is 51.9 Å². The minimum atomic E-state index is -0.910. The van der Waals surface area contributed by atoms with Crippen LogP contribution < -0.4 is 11.1 Å². The van der Waals surface area contributed by atoms with E-state index in [1.165, 1.54) is 0 Å². The van der Waals surface area contributed by atoms with Crippen LogP contribution in [0.15, 0.2) is 12.7 Å². The van der Waals surface area contributed by atoms with E-state index in [4.69, 9.17) is 5.73 Å². The van der Waals surface area contributed by atoms with E-state index in [0.29, 0.717) is 25.7 Å². The van der Waals surface area contributed by atoms with Gasteiger partial charge in [-0.25, -0.2) is 0 Å². The Kier molecular flexibility index (Phi) is 9.92. The van der Waals surface area contributed by atoms with Crippen LogP contribution in [0.3, 0.4) is 0 Å². The van der Waals surface area contributed by atoms with Crippen LogP contribution in [0.2, 0.25) is 0 Å². The molecular weight excluding hydrogens is 272 g/mol. The summed E-state index contributed by atoms with van der Waals surface area (Å²) in [5.74, 6) is -2.28. The molecule has 120 valence electrons. The molecule has 0 rings (SSSR count). The van der Waals surface area contributed by atoms with Crippen molar-refractivity contribution in [2.75, 3.05) is 0 Å². The molecule has 0 spiro atoms. The Morgan fingerprint density at radius 1 is 1.24 bits per heavy atom. The van der Waals surface area contributed by atoms with Gasteiger partial charge in [-0.15, -0.1) is 0 Å². The zero-order valence-electron chi connectivity index (χ0n) is 12.6. The predicted molar refractivity (Wildman–Crippen MR) is 80.4 cm³/mol. The third kappa shape index (κ3) is 8.83. The van der Waals surface area contributed by atoms with Crippen LogP contribution in [0, 0.1) is 5.92 Å². The number of carboxylic acid groups (broad SMARTS) is 1. The Balaban J connectivity index is 4.65. The number of nitrogens with two attached hydrogens (primary N) is 1. The van der Waals surface area contributed by atoms with Crippen molar-refractivity contribution in [2.45, 2.75) is 57.9 Å². The highest BCUT2D eigenvalue weighted by atomic mass is 16.4. The number of carboxylic acids is 1. The van der Waals surface area contributed by atoms with Crippen molar-refractivity contribution in [3.63, 3.8) is 0 Å². The van der Waals surface area contributed by atoms with Crippen LogP contribution >= 0.6 is 0 Å². The third-order valence-electron chi connectivity index (χ3n) is 3.37. The summed E-state index contributed by atoms with van der Waals surface area (Å²) in [6.45, 7) is 5.37. The van der Waals surface area contributed by atoms with Crippen molar-refractivity contribution >= 4 is 17.8 Å². The zero-order chi connectivity index (χ0) is 16.3. The fraction of sp³-hybridized carbons (Fsp3) is 0.667. The number of primary amides is 1. The molecule has 0 aliphatic carbocycles. The van der Waals surface area contributed by atoms with Gasteiger partial charge in [-0.1, -0.05) is 32.8 Å². The standard InChI is InChI=1S/C15H26N2O4/c1-3-5-8-11(15(20)21)12(17-14(19)4-2)9-6-7-10-13(16)18/h4,11-12H,2-3,5-10H2,1H3,(H2,16,18)(H,17,19)(H,20,21). The van der Waals surface area contributed by atoms with Crippen molar-refractivity contribution in [2.24, 2.45) is 11.7 Å². The normalized spacial score (nSPS) is 13.2. The highest BCUT2D eigenvalue weighted by Gasteiger charge is 2.28. The average Bonchev–Trinajstić information content (AvgIpc) is 2.42. The maximum atomic E-state index is 11.5. The molecule has 6 nitrogen and oxygen atoms in total. The van der Waals surface area contributed by atoms with Crippen molar-refractivity contribution < 1.29 is 19.5 Å². The molecule has 0 fully saturated rings. The van der Waals surface area contributed by atoms with Gasteiger partial charge in [0.1, 0.15) is 0 Å². The molecule has 2 amide bonds. The van der Waals surface area contributed by atoms with Gasteiger partial charge in [-0.3, -0.25) is 14.4 Å². The first-order valence-corrected chi connectivity index (χ1v) is 7.36. The number of carbonyl (C=O) groups is 3. The van der Waals surface area contributed by atoms with E-state index in [9.17, 15) is 19.5 Å². The van der Waals surface area contributed by atoms with Gasteiger partial charge < -0.3 is 16.2 Å². The maximum absolute atomic E-state index is 11.5. The van der Waals surface area contributed by atoms with E-state index < -0.39 is 17.9 Å². The Labute approximate surface area is 125 Å². The smallest absolute Gasteiger partial charge is 0.308 e. The van der Waals surface area contributed by atoms with Crippen molar-refractivity contribution in [3.8, 4) is 0 Å². The third-order valence-corrected chi connectivity index (χ3v) is 3.37. The molecule has 0 aromatic heterocycles. The molecule has 0 saturated carbocycles. The average molecular weight is 298 g/mol. The lowest BCUT2D eigenvalue weighted by atomic mass is 9.90. The SMILES string of the molecule is C=CC(=O)NC(CCCCC(N)=O)C(CCCC)C(=O)O. The molecular formula is C15H26N2O4. The number of hydrogen-bond acceptors (Lipinski definition) is 3. The van der Waals surface area contributed by atoms with Gasteiger partial charge in [0, 0.05) is 12.5 Å². The van der Waals surface area contributed by atoms with Gasteiger partial charge in [0.25, 0.3) is 0 Å². The molecule has 0 saturated heterocycles. The van der Waals surface area contributed by atoms with Gasteiger partial charge in [-0.2, -0.15) is 0 Å². The second kappa shape index (κ2) is 10.9. The quantitative estimate of drug-likeness (QED) is 0.375. The zero-order valence-corrected chi connectivity index (χ0v) is 12.6.